The Balaban J connectivity index is 2.06. The summed E-state index contributed by atoms with van der Waals surface area (Å²) in [4.78, 5) is 59.9. The predicted molar refractivity (Wildman–Crippen MR) is 87.1 cm³/mol. The van der Waals surface area contributed by atoms with Crippen LogP contribution in [0.1, 0.15) is 6.23 Å². The summed E-state index contributed by atoms with van der Waals surface area (Å²) in [5.74, 6) is 0. The molecule has 1 saturated heterocycles. The van der Waals surface area contributed by atoms with E-state index in [4.69, 9.17) is 19.4 Å². The Morgan fingerprint density at radius 2 is 1.66 bits per heavy atom. The molecule has 1 aromatic heterocycles. The minimum absolute atomic E-state index is 0.708. The van der Waals surface area contributed by atoms with E-state index in [9.17, 15) is 38.4 Å². The highest BCUT2D eigenvalue weighted by molar-refractivity contribution is 7.66. The van der Waals surface area contributed by atoms with Gasteiger partial charge in [-0.3, -0.25) is 18.9 Å². The van der Waals surface area contributed by atoms with Crippen molar-refractivity contribution in [2.45, 2.75) is 24.5 Å². The summed E-state index contributed by atoms with van der Waals surface area (Å²) in [5.41, 5.74) is -1.74. The van der Waals surface area contributed by atoms with Crippen LogP contribution in [0.15, 0.2) is 21.9 Å². The van der Waals surface area contributed by atoms with Gasteiger partial charge in [0.1, 0.15) is 18.3 Å². The van der Waals surface area contributed by atoms with Crippen LogP contribution in [0.5, 0.6) is 0 Å². The summed E-state index contributed by atoms with van der Waals surface area (Å²) in [6.45, 7) is -1.05. The fourth-order valence-corrected chi connectivity index (χ4v) is 5.23. The van der Waals surface area contributed by atoms with Gasteiger partial charge >= 0.3 is 29.2 Å². The molecule has 7 N–H and O–H groups in total. The number of H-pyrrole nitrogens is 1. The number of aromatic amines is 1. The fraction of sp³-hybridized carbons (Fsp3) is 0.556. The van der Waals surface area contributed by atoms with Gasteiger partial charge < -0.3 is 34.5 Å². The quantitative estimate of drug-likeness (QED) is 0.188. The van der Waals surface area contributed by atoms with E-state index < -0.39 is 65.9 Å². The average Bonchev–Trinajstić information content (AvgIpc) is 2.78. The van der Waals surface area contributed by atoms with Gasteiger partial charge in [0.25, 0.3) is 5.56 Å². The van der Waals surface area contributed by atoms with Crippen molar-refractivity contribution in [3.63, 3.8) is 0 Å². The van der Waals surface area contributed by atoms with Crippen LogP contribution in [0.4, 0.5) is 0 Å². The Morgan fingerprint density at radius 3 is 2.21 bits per heavy atom. The highest BCUT2D eigenvalue weighted by Gasteiger charge is 2.46. The zero-order valence-corrected chi connectivity index (χ0v) is 16.5. The number of nitrogens with zero attached hydrogens (tertiary/aromatic N) is 1. The van der Waals surface area contributed by atoms with Crippen LogP contribution in [0.3, 0.4) is 0 Å². The molecule has 1 fully saturated rings. The number of aliphatic hydroxyl groups excluding tert-OH is 2. The molecule has 0 spiro atoms. The summed E-state index contributed by atoms with van der Waals surface area (Å²) in [6.07, 6.45) is -5.70. The Hall–Kier alpha value is -1.03. The number of aromatic nitrogens is 2. The molecule has 2 heterocycles. The van der Waals surface area contributed by atoms with E-state index in [0.29, 0.717) is 4.57 Å². The largest absolute Gasteiger partial charge is 0.490 e. The number of rotatable bonds is 8. The molecule has 1 aliphatic rings. The first-order chi connectivity index (χ1) is 13.1. The molecule has 166 valence electrons. The van der Waals surface area contributed by atoms with Crippen molar-refractivity contribution in [1.82, 2.24) is 9.55 Å². The number of hydrogen-bond donors (Lipinski definition) is 7. The first kappa shape index (κ1) is 24.2. The third kappa shape index (κ3) is 6.73. The predicted octanol–water partition coefficient (Wildman–Crippen LogP) is -2.50. The highest BCUT2D eigenvalue weighted by Crippen LogP contribution is 2.66. The van der Waals surface area contributed by atoms with Gasteiger partial charge in [-0.1, -0.05) is 0 Å². The Bertz CT molecular complexity index is 997. The molecule has 6 atom stereocenters. The van der Waals surface area contributed by atoms with E-state index in [-0.39, 0.29) is 0 Å². The van der Waals surface area contributed by atoms with Crippen molar-refractivity contribution in [2.24, 2.45) is 0 Å². The minimum atomic E-state index is -5.73. The summed E-state index contributed by atoms with van der Waals surface area (Å²) in [6, 6.07) is 0.920. The van der Waals surface area contributed by atoms with Gasteiger partial charge in [-0.15, -0.1) is 0 Å². The van der Waals surface area contributed by atoms with E-state index in [1.807, 2.05) is 4.98 Å². The topological polar surface area (TPSA) is 264 Å². The highest BCUT2D eigenvalue weighted by atomic mass is 31.3. The van der Waals surface area contributed by atoms with Gasteiger partial charge in [0, 0.05) is 12.3 Å². The third-order valence-corrected chi connectivity index (χ3v) is 7.08. The van der Waals surface area contributed by atoms with Gasteiger partial charge in [0.15, 0.2) is 6.23 Å². The van der Waals surface area contributed by atoms with E-state index in [0.717, 1.165) is 12.3 Å². The maximum atomic E-state index is 11.7. The fourth-order valence-electron chi connectivity index (χ4n) is 2.20. The molecular weight excluding hydrogens is 469 g/mol. The third-order valence-electron chi connectivity index (χ3n) is 3.28. The molecule has 0 aliphatic carbocycles. The van der Waals surface area contributed by atoms with Crippen LogP contribution in [-0.2, 0) is 31.6 Å². The zero-order valence-electron chi connectivity index (χ0n) is 13.8. The lowest BCUT2D eigenvalue weighted by atomic mass is 10.1. The second kappa shape index (κ2) is 8.61. The molecule has 5 unspecified atom stereocenters. The lowest BCUT2D eigenvalue weighted by Crippen LogP contribution is -2.37. The molecule has 1 aromatic rings. The van der Waals surface area contributed by atoms with Gasteiger partial charge in [0.05, 0.1) is 6.61 Å². The van der Waals surface area contributed by atoms with Gasteiger partial charge in [-0.2, -0.15) is 8.62 Å². The molecule has 2 rings (SSSR count). The lowest BCUT2D eigenvalue weighted by Gasteiger charge is -2.19. The first-order valence-corrected chi connectivity index (χ1v) is 11.7. The van der Waals surface area contributed by atoms with E-state index in [1.165, 1.54) is 0 Å². The van der Waals surface area contributed by atoms with Gasteiger partial charge in [-0.05, 0) is 0 Å². The number of phosphoric acid groups is 3. The van der Waals surface area contributed by atoms with Crippen LogP contribution in [0.25, 0.3) is 0 Å². The maximum absolute atomic E-state index is 11.7. The minimum Gasteiger partial charge on any atom is -0.387 e. The van der Waals surface area contributed by atoms with Crippen molar-refractivity contribution < 1.29 is 61.4 Å². The molecular formula is C9H15N2O15P3. The summed E-state index contributed by atoms with van der Waals surface area (Å²) < 4.78 is 50.6. The van der Waals surface area contributed by atoms with E-state index in [1.54, 1.807) is 0 Å². The molecule has 29 heavy (non-hydrogen) atoms. The number of ether oxygens (including phenoxy) is 1. The summed E-state index contributed by atoms with van der Waals surface area (Å²) in [5, 5.41) is 19.9. The van der Waals surface area contributed by atoms with Crippen LogP contribution in [0.2, 0.25) is 0 Å². The zero-order chi connectivity index (χ0) is 22.2. The number of hydrogen-bond acceptors (Lipinski definition) is 11. The molecule has 0 radical (unpaired) electrons. The molecule has 0 aromatic carbocycles. The van der Waals surface area contributed by atoms with Crippen molar-refractivity contribution in [1.29, 1.82) is 0 Å². The second-order valence-corrected chi connectivity index (χ2v) is 9.87. The molecule has 0 amide bonds. The normalized spacial score (nSPS) is 29.3. The molecule has 17 nitrogen and oxygen atoms in total. The maximum Gasteiger partial charge on any atom is 0.490 e. The Labute approximate surface area is 159 Å². The molecule has 0 saturated carbocycles. The van der Waals surface area contributed by atoms with Crippen LogP contribution < -0.4 is 11.2 Å². The monoisotopic (exact) mass is 484 g/mol. The first-order valence-electron chi connectivity index (χ1n) is 7.22. The molecule has 0 bridgehead atoms. The Morgan fingerprint density at radius 1 is 1.03 bits per heavy atom. The smallest absolute Gasteiger partial charge is 0.387 e. The average molecular weight is 484 g/mol. The van der Waals surface area contributed by atoms with Crippen molar-refractivity contribution >= 4 is 23.5 Å². The van der Waals surface area contributed by atoms with Crippen molar-refractivity contribution in [3.8, 4) is 0 Å². The van der Waals surface area contributed by atoms with E-state index in [2.05, 4.69) is 13.1 Å². The lowest BCUT2D eigenvalue weighted by molar-refractivity contribution is -0.0542. The van der Waals surface area contributed by atoms with Crippen molar-refractivity contribution in [2.75, 3.05) is 6.61 Å². The van der Waals surface area contributed by atoms with Crippen molar-refractivity contribution in [3.05, 3.63) is 33.1 Å². The number of aliphatic hydroxyl groups is 2. The Kier molecular flexibility index (Phi) is 7.20. The molecule has 20 heteroatoms. The number of nitrogens with one attached hydrogen (secondary N) is 1. The molecule has 1 aliphatic heterocycles. The SMILES string of the molecule is O=c1ccn([C@@H]2OC(COP(=O)(O)OP(=O)(O)OP(=O)(O)O)C(O)C2O)c(=O)[nH]1. The van der Waals surface area contributed by atoms with E-state index >= 15 is 0 Å². The number of phosphoric ester groups is 1. The van der Waals surface area contributed by atoms with Gasteiger partial charge in [-0.25, -0.2) is 18.5 Å². The summed E-state index contributed by atoms with van der Waals surface area (Å²) >= 11 is 0. The van der Waals surface area contributed by atoms with Crippen LogP contribution >= 0.6 is 23.5 Å². The standard InChI is InChI=1S/C9H15N2O15P3/c12-5-1-2-11(9(15)10-5)8-7(14)6(13)4(24-8)3-23-28(19,20)26-29(21,22)25-27(16,17)18/h1-2,4,6-8,13-14H,3H2,(H,19,20)(H,21,22)(H,10,12,15)(H2,16,17,18)/t4?,6?,7?,8-/m1/s1. The second-order valence-electron chi connectivity index (χ2n) is 5.45. The van der Waals surface area contributed by atoms with Crippen LogP contribution in [-0.4, -0.2) is 64.3 Å². The summed E-state index contributed by atoms with van der Waals surface area (Å²) in [7, 11) is -16.8. The van der Waals surface area contributed by atoms with Gasteiger partial charge in [0.2, 0.25) is 0 Å². The van der Waals surface area contributed by atoms with Crippen LogP contribution in [0, 0.1) is 0 Å².